The number of amides is 1. The van der Waals surface area contributed by atoms with E-state index in [2.05, 4.69) is 17.1 Å². The fraction of sp³-hybridized carbons (Fsp3) is 0.562. The molecular formula is C16H24N2O. The zero-order chi connectivity index (χ0) is 13.5. The largest absolute Gasteiger partial charge is 0.338 e. The second-order valence-corrected chi connectivity index (χ2v) is 5.25. The Morgan fingerprint density at radius 2 is 2.16 bits per heavy atom. The van der Waals surface area contributed by atoms with Crippen LogP contribution in [0.4, 0.5) is 0 Å². The predicted octanol–water partition coefficient (Wildman–Crippen LogP) is 2.22. The Bertz CT molecular complexity index is 385. The molecule has 0 spiro atoms. The van der Waals surface area contributed by atoms with Crippen molar-refractivity contribution in [1.29, 1.82) is 0 Å². The van der Waals surface area contributed by atoms with Crippen molar-refractivity contribution in [2.24, 2.45) is 0 Å². The molecule has 1 aromatic carbocycles. The van der Waals surface area contributed by atoms with E-state index in [9.17, 15) is 4.79 Å². The number of hydrogen-bond acceptors (Lipinski definition) is 2. The third kappa shape index (κ3) is 4.06. The molecule has 0 bridgehead atoms. The monoisotopic (exact) mass is 260 g/mol. The van der Waals surface area contributed by atoms with Crippen LogP contribution < -0.4 is 5.32 Å². The highest BCUT2D eigenvalue weighted by atomic mass is 16.2. The lowest BCUT2D eigenvalue weighted by molar-refractivity contribution is -0.133. The van der Waals surface area contributed by atoms with E-state index in [1.807, 2.05) is 30.3 Å². The quantitative estimate of drug-likeness (QED) is 0.880. The van der Waals surface area contributed by atoms with Gasteiger partial charge in [-0.05, 0) is 31.4 Å². The van der Waals surface area contributed by atoms with E-state index in [-0.39, 0.29) is 5.91 Å². The average molecular weight is 260 g/mol. The molecule has 3 nitrogen and oxygen atoms in total. The second-order valence-electron chi connectivity index (χ2n) is 5.25. The highest BCUT2D eigenvalue weighted by Crippen LogP contribution is 2.13. The summed E-state index contributed by atoms with van der Waals surface area (Å²) in [5.74, 6) is 0.266. The van der Waals surface area contributed by atoms with Gasteiger partial charge in [-0.3, -0.25) is 4.79 Å². The molecule has 0 saturated carbocycles. The summed E-state index contributed by atoms with van der Waals surface area (Å²) in [6, 6.07) is 10.4. The number of nitrogens with one attached hydrogen (secondary N) is 1. The van der Waals surface area contributed by atoms with Crippen LogP contribution in [0, 0.1) is 0 Å². The van der Waals surface area contributed by atoms with E-state index in [4.69, 9.17) is 0 Å². The Hall–Kier alpha value is -1.35. The predicted molar refractivity (Wildman–Crippen MR) is 78.0 cm³/mol. The lowest BCUT2D eigenvalue weighted by Gasteiger charge is -2.34. The van der Waals surface area contributed by atoms with Gasteiger partial charge in [0.1, 0.15) is 0 Å². The summed E-state index contributed by atoms with van der Waals surface area (Å²) in [6.45, 7) is 5.04. The van der Waals surface area contributed by atoms with E-state index in [0.29, 0.717) is 12.5 Å². The lowest BCUT2D eigenvalue weighted by Crippen LogP contribution is -2.49. The van der Waals surface area contributed by atoms with Gasteiger partial charge in [0.15, 0.2) is 0 Å². The molecule has 19 heavy (non-hydrogen) atoms. The van der Waals surface area contributed by atoms with Crippen LogP contribution in [0.5, 0.6) is 0 Å². The van der Waals surface area contributed by atoms with E-state index in [1.54, 1.807) is 0 Å². The van der Waals surface area contributed by atoms with Crippen LogP contribution in [0.15, 0.2) is 30.3 Å². The van der Waals surface area contributed by atoms with Gasteiger partial charge in [-0.25, -0.2) is 0 Å². The van der Waals surface area contributed by atoms with Crippen LogP contribution in [-0.4, -0.2) is 36.5 Å². The smallest absolute Gasteiger partial charge is 0.227 e. The first-order valence-electron chi connectivity index (χ1n) is 7.35. The molecule has 1 fully saturated rings. The third-order valence-electron chi connectivity index (χ3n) is 3.69. The van der Waals surface area contributed by atoms with E-state index < -0.39 is 0 Å². The molecule has 1 heterocycles. The van der Waals surface area contributed by atoms with Gasteiger partial charge in [0.05, 0.1) is 6.42 Å². The first kappa shape index (κ1) is 14.1. The Morgan fingerprint density at radius 3 is 2.79 bits per heavy atom. The molecule has 1 N–H and O–H groups in total. The zero-order valence-corrected chi connectivity index (χ0v) is 11.8. The normalized spacial score (nSPS) is 19.1. The standard InChI is InChI=1S/C16H24N2O/c1-2-11-18(15-9-6-10-17-13-15)16(19)12-14-7-4-3-5-8-14/h3-5,7-8,15,17H,2,6,9-13H2,1H3. The van der Waals surface area contributed by atoms with Crippen molar-refractivity contribution in [3.05, 3.63) is 35.9 Å². The van der Waals surface area contributed by atoms with Gasteiger partial charge in [0.25, 0.3) is 0 Å². The van der Waals surface area contributed by atoms with Crippen molar-refractivity contribution in [3.8, 4) is 0 Å². The molecule has 0 radical (unpaired) electrons. The van der Waals surface area contributed by atoms with Crippen molar-refractivity contribution in [2.75, 3.05) is 19.6 Å². The maximum atomic E-state index is 12.5. The molecule has 3 heteroatoms. The minimum absolute atomic E-state index is 0.266. The summed E-state index contributed by atoms with van der Waals surface area (Å²) in [4.78, 5) is 14.6. The van der Waals surface area contributed by atoms with Gasteiger partial charge in [0.2, 0.25) is 5.91 Å². The van der Waals surface area contributed by atoms with Crippen LogP contribution in [-0.2, 0) is 11.2 Å². The molecule has 2 rings (SSSR count). The summed E-state index contributed by atoms with van der Waals surface area (Å²) in [5, 5.41) is 3.40. The lowest BCUT2D eigenvalue weighted by atomic mass is 10.0. The summed E-state index contributed by atoms with van der Waals surface area (Å²) >= 11 is 0. The van der Waals surface area contributed by atoms with Crippen molar-refractivity contribution >= 4 is 5.91 Å². The van der Waals surface area contributed by atoms with Crippen LogP contribution in [0.3, 0.4) is 0 Å². The molecule has 104 valence electrons. The van der Waals surface area contributed by atoms with Gasteiger partial charge < -0.3 is 10.2 Å². The fourth-order valence-electron chi connectivity index (χ4n) is 2.72. The average Bonchev–Trinajstić information content (AvgIpc) is 2.46. The summed E-state index contributed by atoms with van der Waals surface area (Å²) < 4.78 is 0. The summed E-state index contributed by atoms with van der Waals surface area (Å²) in [7, 11) is 0. The maximum absolute atomic E-state index is 12.5. The number of benzene rings is 1. The SMILES string of the molecule is CCCN(C(=O)Cc1ccccc1)C1CCCNC1. The van der Waals surface area contributed by atoms with Crippen LogP contribution in [0.2, 0.25) is 0 Å². The molecule has 1 unspecified atom stereocenters. The first-order chi connectivity index (χ1) is 9.31. The van der Waals surface area contributed by atoms with E-state index >= 15 is 0 Å². The summed E-state index contributed by atoms with van der Waals surface area (Å²) in [5.41, 5.74) is 1.11. The van der Waals surface area contributed by atoms with Gasteiger partial charge in [-0.1, -0.05) is 37.3 Å². The summed E-state index contributed by atoms with van der Waals surface area (Å²) in [6.07, 6.45) is 3.85. The van der Waals surface area contributed by atoms with Crippen molar-refractivity contribution < 1.29 is 4.79 Å². The Labute approximate surface area is 116 Å². The van der Waals surface area contributed by atoms with E-state index in [0.717, 1.165) is 38.0 Å². The second kappa shape index (κ2) is 7.29. The van der Waals surface area contributed by atoms with Gasteiger partial charge >= 0.3 is 0 Å². The number of piperidine rings is 1. The number of nitrogens with zero attached hydrogens (tertiary/aromatic N) is 1. The van der Waals surface area contributed by atoms with Gasteiger partial charge in [-0.2, -0.15) is 0 Å². The van der Waals surface area contributed by atoms with Crippen LogP contribution >= 0.6 is 0 Å². The topological polar surface area (TPSA) is 32.3 Å². The number of rotatable bonds is 5. The molecule has 1 amide bonds. The highest BCUT2D eigenvalue weighted by molar-refractivity contribution is 5.79. The number of carbonyl (C=O) groups is 1. The minimum atomic E-state index is 0.266. The molecular weight excluding hydrogens is 236 g/mol. The molecule has 1 aliphatic rings. The fourth-order valence-corrected chi connectivity index (χ4v) is 2.72. The Kier molecular flexibility index (Phi) is 5.40. The molecule has 1 atom stereocenters. The van der Waals surface area contributed by atoms with Crippen molar-refractivity contribution in [2.45, 2.75) is 38.6 Å². The highest BCUT2D eigenvalue weighted by Gasteiger charge is 2.24. The number of carbonyl (C=O) groups excluding carboxylic acids is 1. The minimum Gasteiger partial charge on any atom is -0.338 e. The van der Waals surface area contributed by atoms with E-state index in [1.165, 1.54) is 6.42 Å². The molecule has 0 aromatic heterocycles. The van der Waals surface area contributed by atoms with Gasteiger partial charge in [-0.15, -0.1) is 0 Å². The molecule has 1 saturated heterocycles. The van der Waals surface area contributed by atoms with Crippen molar-refractivity contribution in [1.82, 2.24) is 10.2 Å². The Balaban J connectivity index is 1.99. The maximum Gasteiger partial charge on any atom is 0.227 e. The van der Waals surface area contributed by atoms with Crippen molar-refractivity contribution in [3.63, 3.8) is 0 Å². The van der Waals surface area contributed by atoms with Crippen LogP contribution in [0.1, 0.15) is 31.7 Å². The molecule has 0 aliphatic carbocycles. The molecule has 1 aromatic rings. The third-order valence-corrected chi connectivity index (χ3v) is 3.69. The molecule has 1 aliphatic heterocycles. The number of hydrogen-bond donors (Lipinski definition) is 1. The zero-order valence-electron chi connectivity index (χ0n) is 11.8. The van der Waals surface area contributed by atoms with Gasteiger partial charge in [0, 0.05) is 19.1 Å². The first-order valence-corrected chi connectivity index (χ1v) is 7.35. The van der Waals surface area contributed by atoms with Crippen LogP contribution in [0.25, 0.3) is 0 Å². The Morgan fingerprint density at radius 1 is 1.37 bits per heavy atom.